The predicted octanol–water partition coefficient (Wildman–Crippen LogP) is 2.25. The standard InChI is InChI=1S/C13H15BrFNO3S/c14-10-4-9(7-17)13(15)12(5-10)20(18,19)16-6-8-1-2-11(16)3-8/h4-5,8,11,17H,1-3,6-7H2. The van der Waals surface area contributed by atoms with E-state index in [1.54, 1.807) is 0 Å². The fraction of sp³-hybridized carbons (Fsp3) is 0.538. The highest BCUT2D eigenvalue weighted by Crippen LogP contribution is 2.41. The summed E-state index contributed by atoms with van der Waals surface area (Å²) in [4.78, 5) is -0.344. The molecule has 0 spiro atoms. The van der Waals surface area contributed by atoms with Crippen LogP contribution < -0.4 is 0 Å². The van der Waals surface area contributed by atoms with Crippen LogP contribution in [0.4, 0.5) is 4.39 Å². The number of rotatable bonds is 3. The Morgan fingerprint density at radius 3 is 2.70 bits per heavy atom. The van der Waals surface area contributed by atoms with Gasteiger partial charge in [0.15, 0.2) is 0 Å². The third kappa shape index (κ3) is 2.20. The number of sulfonamides is 1. The van der Waals surface area contributed by atoms with Gasteiger partial charge in [-0.2, -0.15) is 4.31 Å². The van der Waals surface area contributed by atoms with E-state index < -0.39 is 22.4 Å². The zero-order valence-electron chi connectivity index (χ0n) is 10.7. The molecule has 110 valence electrons. The molecule has 2 bridgehead atoms. The molecule has 1 aliphatic carbocycles. The number of halogens is 2. The average Bonchev–Trinajstić information content (AvgIpc) is 3.03. The lowest BCUT2D eigenvalue weighted by molar-refractivity contribution is 0.274. The Balaban J connectivity index is 2.06. The van der Waals surface area contributed by atoms with E-state index in [-0.39, 0.29) is 16.5 Å². The zero-order chi connectivity index (χ0) is 14.5. The molecule has 7 heteroatoms. The second kappa shape index (κ2) is 5.05. The van der Waals surface area contributed by atoms with Crippen LogP contribution in [0.3, 0.4) is 0 Å². The molecule has 0 aromatic heterocycles. The summed E-state index contributed by atoms with van der Waals surface area (Å²) in [6.45, 7) is -0.0484. The first-order valence-corrected chi connectivity index (χ1v) is 8.77. The Bertz CT molecular complexity index is 649. The van der Waals surface area contributed by atoms with E-state index in [9.17, 15) is 12.8 Å². The Kier molecular flexibility index (Phi) is 3.64. The Labute approximate surface area is 125 Å². The van der Waals surface area contributed by atoms with E-state index >= 15 is 0 Å². The number of aliphatic hydroxyl groups is 1. The van der Waals surface area contributed by atoms with Crippen molar-refractivity contribution in [1.29, 1.82) is 0 Å². The van der Waals surface area contributed by atoms with Gasteiger partial charge in [-0.1, -0.05) is 15.9 Å². The summed E-state index contributed by atoms with van der Waals surface area (Å²) >= 11 is 3.17. The molecule has 0 amide bonds. The molecule has 0 radical (unpaired) electrons. The maximum atomic E-state index is 14.3. The Hall–Kier alpha value is -0.500. The van der Waals surface area contributed by atoms with Gasteiger partial charge in [0.1, 0.15) is 10.7 Å². The minimum atomic E-state index is -3.84. The molecule has 2 fully saturated rings. The van der Waals surface area contributed by atoms with Crippen LogP contribution in [0.2, 0.25) is 0 Å². The number of aliphatic hydroxyl groups excluding tert-OH is 1. The van der Waals surface area contributed by atoms with Crippen LogP contribution in [0, 0.1) is 11.7 Å². The summed E-state index contributed by atoms with van der Waals surface area (Å²) in [5, 5.41) is 9.13. The van der Waals surface area contributed by atoms with Crippen LogP contribution in [0.5, 0.6) is 0 Å². The molecule has 1 N–H and O–H groups in total. The molecular formula is C13H15BrFNO3S. The third-order valence-corrected chi connectivity index (χ3v) is 6.57. The van der Waals surface area contributed by atoms with E-state index in [0.717, 1.165) is 19.3 Å². The molecule has 3 rings (SSSR count). The maximum absolute atomic E-state index is 14.3. The SMILES string of the molecule is O=S(=O)(c1cc(Br)cc(CO)c1F)N1CC2CCC1C2. The lowest BCUT2D eigenvalue weighted by Crippen LogP contribution is -2.38. The van der Waals surface area contributed by atoms with Gasteiger partial charge in [-0.15, -0.1) is 0 Å². The van der Waals surface area contributed by atoms with Crippen LogP contribution in [0.25, 0.3) is 0 Å². The highest BCUT2D eigenvalue weighted by Gasteiger charge is 2.45. The lowest BCUT2D eigenvalue weighted by Gasteiger charge is -2.26. The van der Waals surface area contributed by atoms with E-state index in [1.807, 2.05) is 0 Å². The van der Waals surface area contributed by atoms with Crippen LogP contribution in [-0.2, 0) is 16.6 Å². The van der Waals surface area contributed by atoms with Crippen molar-refractivity contribution in [3.8, 4) is 0 Å². The van der Waals surface area contributed by atoms with E-state index in [1.165, 1.54) is 16.4 Å². The van der Waals surface area contributed by atoms with Crippen molar-refractivity contribution in [2.45, 2.75) is 36.8 Å². The lowest BCUT2D eigenvalue weighted by atomic mass is 10.1. The summed E-state index contributed by atoms with van der Waals surface area (Å²) < 4.78 is 41.4. The summed E-state index contributed by atoms with van der Waals surface area (Å²) in [6.07, 6.45) is 2.79. The molecule has 2 atom stereocenters. The number of benzene rings is 1. The van der Waals surface area contributed by atoms with E-state index in [4.69, 9.17) is 5.11 Å². The molecule has 20 heavy (non-hydrogen) atoms. The van der Waals surface area contributed by atoms with Crippen molar-refractivity contribution in [2.75, 3.05) is 6.54 Å². The number of fused-ring (bicyclic) bond motifs is 2. The van der Waals surface area contributed by atoms with Gasteiger partial charge in [0.2, 0.25) is 10.0 Å². The monoisotopic (exact) mass is 363 g/mol. The smallest absolute Gasteiger partial charge is 0.246 e. The second-order valence-corrected chi connectivity index (χ2v) is 8.22. The van der Waals surface area contributed by atoms with Crippen molar-refractivity contribution >= 4 is 26.0 Å². The Morgan fingerprint density at radius 1 is 1.40 bits per heavy atom. The van der Waals surface area contributed by atoms with Crippen molar-refractivity contribution in [3.05, 3.63) is 28.0 Å². The first-order valence-electron chi connectivity index (χ1n) is 6.54. The fourth-order valence-electron chi connectivity index (χ4n) is 3.22. The highest BCUT2D eigenvalue weighted by atomic mass is 79.9. The molecule has 1 saturated heterocycles. The third-order valence-electron chi connectivity index (χ3n) is 4.20. The van der Waals surface area contributed by atoms with Crippen molar-refractivity contribution < 1.29 is 17.9 Å². The van der Waals surface area contributed by atoms with Gasteiger partial charge in [-0.05, 0) is 37.3 Å². The summed E-state index contributed by atoms with van der Waals surface area (Å²) in [7, 11) is -3.84. The summed E-state index contributed by atoms with van der Waals surface area (Å²) in [5.41, 5.74) is -0.0118. The predicted molar refractivity (Wildman–Crippen MR) is 75.0 cm³/mol. The highest BCUT2D eigenvalue weighted by molar-refractivity contribution is 9.10. The first-order chi connectivity index (χ1) is 9.43. The fourth-order valence-corrected chi connectivity index (χ4v) is 5.76. The summed E-state index contributed by atoms with van der Waals surface area (Å²) in [6, 6.07) is 2.67. The second-order valence-electron chi connectivity index (χ2n) is 5.44. The molecule has 1 aliphatic heterocycles. The minimum absolute atomic E-state index is 0.000887. The molecule has 1 aromatic rings. The van der Waals surface area contributed by atoms with Gasteiger partial charge >= 0.3 is 0 Å². The van der Waals surface area contributed by atoms with Gasteiger partial charge in [0, 0.05) is 22.6 Å². The van der Waals surface area contributed by atoms with Gasteiger partial charge in [0.05, 0.1) is 6.61 Å². The van der Waals surface area contributed by atoms with E-state index in [2.05, 4.69) is 15.9 Å². The van der Waals surface area contributed by atoms with Gasteiger partial charge in [0.25, 0.3) is 0 Å². The van der Waals surface area contributed by atoms with Crippen molar-refractivity contribution in [3.63, 3.8) is 0 Å². The molecular weight excluding hydrogens is 349 g/mol. The number of hydrogen-bond donors (Lipinski definition) is 1. The summed E-state index contributed by atoms with van der Waals surface area (Å²) in [5.74, 6) is -0.444. The molecule has 1 heterocycles. The van der Waals surface area contributed by atoms with Gasteiger partial charge in [-0.25, -0.2) is 12.8 Å². The maximum Gasteiger partial charge on any atom is 0.246 e. The normalized spacial score (nSPS) is 26.4. The average molecular weight is 364 g/mol. The van der Waals surface area contributed by atoms with Gasteiger partial charge in [-0.3, -0.25) is 0 Å². The zero-order valence-corrected chi connectivity index (χ0v) is 13.1. The topological polar surface area (TPSA) is 57.6 Å². The first kappa shape index (κ1) is 14.4. The number of piperidine rings is 1. The van der Waals surface area contributed by atoms with Crippen LogP contribution in [-0.4, -0.2) is 30.4 Å². The molecule has 2 aliphatic rings. The quantitative estimate of drug-likeness (QED) is 0.895. The van der Waals surface area contributed by atoms with Crippen LogP contribution in [0.15, 0.2) is 21.5 Å². The Morgan fingerprint density at radius 2 is 2.15 bits per heavy atom. The number of hydrogen-bond acceptors (Lipinski definition) is 3. The molecule has 1 saturated carbocycles. The van der Waals surface area contributed by atoms with Crippen molar-refractivity contribution in [2.24, 2.45) is 5.92 Å². The van der Waals surface area contributed by atoms with Gasteiger partial charge < -0.3 is 5.11 Å². The number of nitrogens with zero attached hydrogens (tertiary/aromatic N) is 1. The van der Waals surface area contributed by atoms with Crippen LogP contribution in [0.1, 0.15) is 24.8 Å². The largest absolute Gasteiger partial charge is 0.392 e. The molecule has 1 aromatic carbocycles. The minimum Gasteiger partial charge on any atom is -0.392 e. The molecule has 2 unspecified atom stereocenters. The van der Waals surface area contributed by atoms with Crippen LogP contribution >= 0.6 is 15.9 Å². The molecule has 4 nitrogen and oxygen atoms in total. The van der Waals surface area contributed by atoms with E-state index in [0.29, 0.717) is 16.9 Å². The van der Waals surface area contributed by atoms with Crippen molar-refractivity contribution in [1.82, 2.24) is 4.31 Å².